The summed E-state index contributed by atoms with van der Waals surface area (Å²) >= 11 is 0. The minimum atomic E-state index is -4.47. The summed E-state index contributed by atoms with van der Waals surface area (Å²) in [4.78, 5) is 17.3. The molecule has 0 unspecified atom stereocenters. The average Bonchev–Trinajstić information content (AvgIpc) is 3.02. The highest BCUT2D eigenvalue weighted by molar-refractivity contribution is 5.60. The van der Waals surface area contributed by atoms with Gasteiger partial charge in [0.25, 0.3) is 0 Å². The lowest BCUT2D eigenvalue weighted by Crippen LogP contribution is -2.23. The summed E-state index contributed by atoms with van der Waals surface area (Å²) in [6, 6.07) is 10.3. The van der Waals surface area contributed by atoms with E-state index in [0.717, 1.165) is 16.8 Å². The molecule has 4 aromatic rings. The smallest absolute Gasteiger partial charge is 0.416 e. The average molecular weight is 432 g/mol. The van der Waals surface area contributed by atoms with E-state index >= 15 is 0 Å². The molecule has 2 aromatic carbocycles. The number of ether oxygens (including phenoxy) is 1. The van der Waals surface area contributed by atoms with Crippen molar-refractivity contribution in [3.8, 4) is 17.1 Å². The van der Waals surface area contributed by atoms with E-state index in [0.29, 0.717) is 16.8 Å². The number of halogens is 4. The van der Waals surface area contributed by atoms with Crippen LogP contribution in [0.25, 0.3) is 17.0 Å². The van der Waals surface area contributed by atoms with Crippen LogP contribution in [0.15, 0.2) is 53.3 Å². The molecule has 6 nitrogen and oxygen atoms in total. The van der Waals surface area contributed by atoms with Crippen molar-refractivity contribution in [2.45, 2.75) is 19.6 Å². The predicted molar refractivity (Wildman–Crippen MR) is 104 cm³/mol. The number of alkyl halides is 3. The number of rotatable bonds is 4. The molecule has 2 heterocycles. The lowest BCUT2D eigenvalue weighted by Gasteiger charge is -2.08. The van der Waals surface area contributed by atoms with E-state index in [-0.39, 0.29) is 23.8 Å². The molecule has 10 heteroatoms. The summed E-state index contributed by atoms with van der Waals surface area (Å²) in [5, 5.41) is 4.28. The Kier molecular flexibility index (Phi) is 5.00. The molecule has 0 amide bonds. The van der Waals surface area contributed by atoms with Crippen LogP contribution < -0.4 is 10.4 Å². The normalized spacial score (nSPS) is 11.8. The lowest BCUT2D eigenvalue weighted by molar-refractivity contribution is -0.137. The van der Waals surface area contributed by atoms with Crippen LogP contribution >= 0.6 is 0 Å². The highest BCUT2D eigenvalue weighted by atomic mass is 19.4. The van der Waals surface area contributed by atoms with Crippen molar-refractivity contribution in [3.63, 3.8) is 0 Å². The van der Waals surface area contributed by atoms with Crippen LogP contribution in [-0.4, -0.2) is 26.3 Å². The Morgan fingerprint density at radius 3 is 2.39 bits per heavy atom. The molecule has 0 aliphatic carbocycles. The van der Waals surface area contributed by atoms with Gasteiger partial charge in [-0.05, 0) is 36.8 Å². The van der Waals surface area contributed by atoms with Gasteiger partial charge in [-0.15, -0.1) is 5.10 Å². The molecule has 0 bridgehead atoms. The fourth-order valence-corrected chi connectivity index (χ4v) is 3.24. The number of aromatic nitrogens is 4. The molecular weight excluding hydrogens is 416 g/mol. The lowest BCUT2D eigenvalue weighted by atomic mass is 10.1. The van der Waals surface area contributed by atoms with E-state index in [1.165, 1.54) is 35.8 Å². The Hall–Kier alpha value is -3.69. The molecule has 0 N–H and O–H groups in total. The summed E-state index contributed by atoms with van der Waals surface area (Å²) in [5.41, 5.74) is 0.290. The van der Waals surface area contributed by atoms with Crippen molar-refractivity contribution < 1.29 is 22.3 Å². The fraction of sp³-hybridized carbons (Fsp3) is 0.190. The molecule has 0 saturated carbocycles. The number of aryl methyl sites for hydroxylation is 1. The number of methoxy groups -OCH3 is 1. The number of nitrogens with zero attached hydrogens (tertiary/aromatic N) is 4. The molecule has 160 valence electrons. The minimum Gasteiger partial charge on any atom is -0.494 e. The first kappa shape index (κ1) is 20.6. The summed E-state index contributed by atoms with van der Waals surface area (Å²) in [7, 11) is 1.35. The number of hydrogen-bond donors (Lipinski definition) is 0. The molecule has 0 aliphatic heterocycles. The maximum absolute atomic E-state index is 14.0. The predicted octanol–water partition coefficient (Wildman–Crippen LogP) is 4.08. The molecule has 0 aliphatic rings. The second kappa shape index (κ2) is 7.53. The highest BCUT2D eigenvalue weighted by Gasteiger charge is 2.30. The second-order valence-electron chi connectivity index (χ2n) is 6.90. The van der Waals surface area contributed by atoms with Crippen LogP contribution in [-0.2, 0) is 12.7 Å². The van der Waals surface area contributed by atoms with E-state index in [1.807, 2.05) is 0 Å². The van der Waals surface area contributed by atoms with Crippen LogP contribution in [0.2, 0.25) is 0 Å². The van der Waals surface area contributed by atoms with E-state index in [4.69, 9.17) is 4.74 Å². The number of benzene rings is 2. The van der Waals surface area contributed by atoms with Crippen molar-refractivity contribution in [3.05, 3.63) is 81.7 Å². The molecule has 0 atom stereocenters. The van der Waals surface area contributed by atoms with E-state index in [9.17, 15) is 22.4 Å². The van der Waals surface area contributed by atoms with E-state index < -0.39 is 23.2 Å². The molecule has 31 heavy (non-hydrogen) atoms. The molecular formula is C21H16F4N4O2. The van der Waals surface area contributed by atoms with E-state index in [1.54, 1.807) is 19.1 Å². The van der Waals surface area contributed by atoms with Gasteiger partial charge >= 0.3 is 11.9 Å². The van der Waals surface area contributed by atoms with Crippen LogP contribution in [0.1, 0.15) is 16.8 Å². The van der Waals surface area contributed by atoms with Crippen molar-refractivity contribution in [2.75, 3.05) is 7.11 Å². The van der Waals surface area contributed by atoms with Crippen LogP contribution in [0, 0.1) is 12.7 Å². The first-order chi connectivity index (χ1) is 14.7. The Balaban J connectivity index is 1.79. The van der Waals surface area contributed by atoms with Crippen molar-refractivity contribution in [1.29, 1.82) is 0 Å². The van der Waals surface area contributed by atoms with Gasteiger partial charge in [0.1, 0.15) is 5.82 Å². The third kappa shape index (κ3) is 3.88. The van der Waals surface area contributed by atoms with Gasteiger partial charge < -0.3 is 4.74 Å². The fourth-order valence-electron chi connectivity index (χ4n) is 3.24. The van der Waals surface area contributed by atoms with Gasteiger partial charge in [-0.25, -0.2) is 23.3 Å². The number of hydrogen-bond acceptors (Lipinski definition) is 4. The van der Waals surface area contributed by atoms with Gasteiger partial charge in [0.05, 0.1) is 19.2 Å². The largest absolute Gasteiger partial charge is 0.494 e. The standard InChI is InChI=1S/C21H16F4N4O2/c1-12-9-18-27-28(11-13-3-8-17(31-2)16(22)10-13)20(30)29(18)19(26-12)14-4-6-15(7-5-14)21(23,24)25/h3-10H,11H2,1-2H3. The third-order valence-corrected chi connectivity index (χ3v) is 4.72. The number of fused-ring (bicyclic) bond motifs is 1. The molecule has 0 radical (unpaired) electrons. The van der Waals surface area contributed by atoms with Gasteiger partial charge in [-0.2, -0.15) is 13.2 Å². The molecule has 0 fully saturated rings. The Morgan fingerprint density at radius 2 is 1.77 bits per heavy atom. The van der Waals surface area contributed by atoms with Gasteiger partial charge in [-0.1, -0.05) is 18.2 Å². The summed E-state index contributed by atoms with van der Waals surface area (Å²) in [5.74, 6) is -0.323. The maximum Gasteiger partial charge on any atom is 0.416 e. The Labute approximate surface area is 173 Å². The molecule has 2 aromatic heterocycles. The maximum atomic E-state index is 14.0. The summed E-state index contributed by atoms with van der Waals surface area (Å²) < 4.78 is 59.8. The topological polar surface area (TPSA) is 61.4 Å². The zero-order valence-electron chi connectivity index (χ0n) is 16.4. The van der Waals surface area contributed by atoms with Crippen molar-refractivity contribution >= 4 is 5.65 Å². The monoisotopic (exact) mass is 432 g/mol. The second-order valence-corrected chi connectivity index (χ2v) is 6.90. The van der Waals surface area contributed by atoms with Gasteiger partial charge in [0.15, 0.2) is 17.2 Å². The van der Waals surface area contributed by atoms with Crippen LogP contribution in [0.4, 0.5) is 17.6 Å². The molecule has 0 spiro atoms. The van der Waals surface area contributed by atoms with E-state index in [2.05, 4.69) is 10.1 Å². The SMILES string of the molecule is COc1ccc(Cn2nc3cc(C)nc(-c4ccc(C(F)(F)F)cc4)n3c2=O)cc1F. The van der Waals surface area contributed by atoms with Crippen molar-refractivity contribution in [1.82, 2.24) is 19.2 Å². The molecule has 4 rings (SSSR count). The summed E-state index contributed by atoms with van der Waals surface area (Å²) in [6.45, 7) is 1.68. The highest BCUT2D eigenvalue weighted by Crippen LogP contribution is 2.30. The van der Waals surface area contributed by atoms with Crippen LogP contribution in [0.5, 0.6) is 5.75 Å². The minimum absolute atomic E-state index is 0.00702. The Bertz CT molecular complexity index is 1320. The Morgan fingerprint density at radius 1 is 1.06 bits per heavy atom. The zero-order valence-corrected chi connectivity index (χ0v) is 16.4. The van der Waals surface area contributed by atoms with Gasteiger partial charge in [0.2, 0.25) is 0 Å². The zero-order chi connectivity index (χ0) is 22.3. The summed E-state index contributed by atoms with van der Waals surface area (Å²) in [6.07, 6.45) is -4.47. The van der Waals surface area contributed by atoms with Crippen molar-refractivity contribution in [2.24, 2.45) is 0 Å². The van der Waals surface area contributed by atoms with Gasteiger partial charge in [0, 0.05) is 17.3 Å². The first-order valence-corrected chi connectivity index (χ1v) is 9.14. The first-order valence-electron chi connectivity index (χ1n) is 9.14. The van der Waals surface area contributed by atoms with Gasteiger partial charge in [-0.3, -0.25) is 0 Å². The molecule has 0 saturated heterocycles. The third-order valence-electron chi connectivity index (χ3n) is 4.72. The quantitative estimate of drug-likeness (QED) is 0.456. The van der Waals surface area contributed by atoms with Crippen LogP contribution in [0.3, 0.4) is 0 Å².